The Morgan fingerprint density at radius 3 is 2.40 bits per heavy atom. The molecule has 0 radical (unpaired) electrons. The van der Waals surface area contributed by atoms with Gasteiger partial charge in [0.05, 0.1) is 5.39 Å². The molecule has 3 aromatic rings. The van der Waals surface area contributed by atoms with Gasteiger partial charge in [-0.15, -0.1) is 0 Å². The van der Waals surface area contributed by atoms with Crippen molar-refractivity contribution < 1.29 is 14.3 Å². The summed E-state index contributed by atoms with van der Waals surface area (Å²) in [5.41, 5.74) is 1.41. The third kappa shape index (κ3) is 4.25. The molecule has 0 bridgehead atoms. The Hall–Kier alpha value is -3.48. The lowest BCUT2D eigenvalue weighted by Gasteiger charge is -2.18. The number of hydrogen-bond acceptors (Lipinski definition) is 5. The van der Waals surface area contributed by atoms with Crippen LogP contribution in [-0.2, 0) is 16.6 Å². The first-order valence-corrected chi connectivity index (χ1v) is 9.90. The Morgan fingerprint density at radius 1 is 1.07 bits per heavy atom. The fraction of sp³-hybridized carbons (Fsp3) is 0.304. The third-order valence-electron chi connectivity index (χ3n) is 5.16. The standard InChI is InChI=1S/C23H25N3O4/c1-5-14(2)16-10-8-9-13-19(16)24-21(27)15(3)30-23(29)20-17-11-6-7-12-18(17)22(28)26(4)25-20/h6-15H,5H2,1-4H3,(H,24,27)/t14-,15+/m1/s1. The molecule has 1 amide bonds. The van der Waals surface area contributed by atoms with Crippen LogP contribution in [0.2, 0.25) is 0 Å². The van der Waals surface area contributed by atoms with Crippen molar-refractivity contribution in [2.75, 3.05) is 5.32 Å². The van der Waals surface area contributed by atoms with Crippen molar-refractivity contribution in [1.29, 1.82) is 0 Å². The van der Waals surface area contributed by atoms with Gasteiger partial charge >= 0.3 is 5.97 Å². The highest BCUT2D eigenvalue weighted by Crippen LogP contribution is 2.26. The van der Waals surface area contributed by atoms with Gasteiger partial charge in [-0.3, -0.25) is 9.59 Å². The molecule has 2 atom stereocenters. The minimum absolute atomic E-state index is 0.00708. The van der Waals surface area contributed by atoms with Crippen molar-refractivity contribution in [3.05, 3.63) is 70.1 Å². The quantitative estimate of drug-likeness (QED) is 0.630. The molecule has 1 heterocycles. The van der Waals surface area contributed by atoms with Crippen LogP contribution in [0.5, 0.6) is 0 Å². The van der Waals surface area contributed by atoms with E-state index in [9.17, 15) is 14.4 Å². The van der Waals surface area contributed by atoms with E-state index >= 15 is 0 Å². The first-order chi connectivity index (χ1) is 14.3. The number of ether oxygens (including phenoxy) is 1. The van der Waals surface area contributed by atoms with Crippen molar-refractivity contribution in [3.63, 3.8) is 0 Å². The Bertz CT molecular complexity index is 1150. The summed E-state index contributed by atoms with van der Waals surface area (Å²) in [6.07, 6.45) is -0.108. The number of carbonyl (C=O) groups is 2. The van der Waals surface area contributed by atoms with Crippen molar-refractivity contribution in [3.8, 4) is 0 Å². The molecule has 0 saturated heterocycles. The van der Waals surface area contributed by atoms with Gasteiger partial charge in [0.1, 0.15) is 0 Å². The maximum Gasteiger partial charge on any atom is 0.360 e. The van der Waals surface area contributed by atoms with E-state index in [0.717, 1.165) is 16.7 Å². The number of benzene rings is 2. The summed E-state index contributed by atoms with van der Waals surface area (Å²) in [5, 5.41) is 7.64. The van der Waals surface area contributed by atoms with Crippen LogP contribution in [0, 0.1) is 0 Å². The van der Waals surface area contributed by atoms with Gasteiger partial charge in [0.25, 0.3) is 11.5 Å². The van der Waals surface area contributed by atoms with E-state index in [1.165, 1.54) is 14.0 Å². The summed E-state index contributed by atoms with van der Waals surface area (Å²) in [4.78, 5) is 37.6. The predicted octanol–water partition coefficient (Wildman–Crippen LogP) is 3.63. The lowest BCUT2D eigenvalue weighted by molar-refractivity contribution is -0.123. The average Bonchev–Trinajstić information content (AvgIpc) is 2.75. The topological polar surface area (TPSA) is 90.3 Å². The van der Waals surface area contributed by atoms with E-state index in [0.29, 0.717) is 16.5 Å². The van der Waals surface area contributed by atoms with E-state index in [1.807, 2.05) is 24.3 Å². The average molecular weight is 407 g/mol. The van der Waals surface area contributed by atoms with E-state index in [1.54, 1.807) is 24.3 Å². The Balaban J connectivity index is 1.80. The van der Waals surface area contributed by atoms with Gasteiger partial charge in [0, 0.05) is 18.1 Å². The maximum atomic E-state index is 12.7. The summed E-state index contributed by atoms with van der Waals surface area (Å²) in [6, 6.07) is 14.3. The molecule has 0 aliphatic carbocycles. The minimum Gasteiger partial charge on any atom is -0.448 e. The molecular formula is C23H25N3O4. The SMILES string of the molecule is CC[C@@H](C)c1ccccc1NC(=O)[C@H](C)OC(=O)c1nn(C)c(=O)c2ccccc12. The van der Waals surface area contributed by atoms with Crippen LogP contribution in [0.15, 0.2) is 53.3 Å². The molecule has 0 spiro atoms. The van der Waals surface area contributed by atoms with Crippen LogP contribution in [0.25, 0.3) is 10.8 Å². The molecule has 0 fully saturated rings. The first-order valence-electron chi connectivity index (χ1n) is 9.90. The van der Waals surface area contributed by atoms with Crippen LogP contribution in [0.3, 0.4) is 0 Å². The van der Waals surface area contributed by atoms with Gasteiger partial charge in [0.15, 0.2) is 11.8 Å². The Labute approximate surface area is 174 Å². The van der Waals surface area contributed by atoms with E-state index < -0.39 is 18.0 Å². The first kappa shape index (κ1) is 21.2. The third-order valence-corrected chi connectivity index (χ3v) is 5.16. The lowest BCUT2D eigenvalue weighted by atomic mass is 9.97. The number of aromatic nitrogens is 2. The number of aryl methyl sites for hydroxylation is 1. The van der Waals surface area contributed by atoms with Gasteiger partial charge < -0.3 is 10.1 Å². The monoisotopic (exact) mass is 407 g/mol. The number of fused-ring (bicyclic) bond motifs is 1. The number of rotatable bonds is 6. The highest BCUT2D eigenvalue weighted by Gasteiger charge is 2.23. The number of para-hydroxylation sites is 1. The summed E-state index contributed by atoms with van der Waals surface area (Å²) in [7, 11) is 1.47. The number of hydrogen-bond donors (Lipinski definition) is 1. The van der Waals surface area contributed by atoms with Crippen LogP contribution in [-0.4, -0.2) is 27.8 Å². The zero-order valence-electron chi connectivity index (χ0n) is 17.5. The molecule has 156 valence electrons. The number of anilines is 1. The van der Waals surface area contributed by atoms with Gasteiger partial charge in [-0.25, -0.2) is 9.48 Å². The molecule has 0 saturated carbocycles. The smallest absolute Gasteiger partial charge is 0.360 e. The van der Waals surface area contributed by atoms with Crippen molar-refractivity contribution >= 4 is 28.3 Å². The number of nitrogens with zero attached hydrogens (tertiary/aromatic N) is 2. The fourth-order valence-corrected chi connectivity index (χ4v) is 3.22. The second-order valence-corrected chi connectivity index (χ2v) is 7.26. The summed E-state index contributed by atoms with van der Waals surface area (Å²) >= 11 is 0. The largest absolute Gasteiger partial charge is 0.448 e. The summed E-state index contributed by atoms with van der Waals surface area (Å²) in [5.74, 6) is -0.923. The van der Waals surface area contributed by atoms with Gasteiger partial charge in [-0.2, -0.15) is 5.10 Å². The number of amides is 1. The van der Waals surface area contributed by atoms with Crippen LogP contribution in [0.4, 0.5) is 5.69 Å². The highest BCUT2D eigenvalue weighted by molar-refractivity contribution is 6.03. The molecule has 0 aliphatic heterocycles. The van der Waals surface area contributed by atoms with Crippen LogP contribution < -0.4 is 10.9 Å². The molecule has 0 aliphatic rings. The number of esters is 1. The Kier molecular flexibility index (Phi) is 6.30. The molecule has 1 aromatic heterocycles. The zero-order valence-corrected chi connectivity index (χ0v) is 17.5. The van der Waals surface area contributed by atoms with Crippen molar-refractivity contribution in [2.24, 2.45) is 7.05 Å². The Morgan fingerprint density at radius 2 is 1.70 bits per heavy atom. The number of nitrogens with one attached hydrogen (secondary N) is 1. The van der Waals surface area contributed by atoms with E-state index in [2.05, 4.69) is 24.3 Å². The summed E-state index contributed by atoms with van der Waals surface area (Å²) < 4.78 is 6.46. The second kappa shape index (κ2) is 8.90. The molecule has 2 aromatic carbocycles. The van der Waals surface area contributed by atoms with Crippen molar-refractivity contribution in [2.45, 2.75) is 39.2 Å². The van der Waals surface area contributed by atoms with Crippen LogP contribution >= 0.6 is 0 Å². The maximum absolute atomic E-state index is 12.7. The number of carbonyl (C=O) groups excluding carboxylic acids is 2. The van der Waals surface area contributed by atoms with Crippen LogP contribution in [0.1, 0.15) is 49.2 Å². The summed E-state index contributed by atoms with van der Waals surface area (Å²) in [6.45, 7) is 5.67. The molecule has 3 rings (SSSR count). The fourth-order valence-electron chi connectivity index (χ4n) is 3.22. The second-order valence-electron chi connectivity index (χ2n) is 7.26. The normalized spacial score (nSPS) is 12.9. The van der Waals surface area contributed by atoms with E-state index in [4.69, 9.17) is 4.74 Å². The molecule has 7 nitrogen and oxygen atoms in total. The highest BCUT2D eigenvalue weighted by atomic mass is 16.5. The van der Waals surface area contributed by atoms with E-state index in [-0.39, 0.29) is 17.2 Å². The van der Waals surface area contributed by atoms with Gasteiger partial charge in [-0.1, -0.05) is 50.2 Å². The van der Waals surface area contributed by atoms with Gasteiger partial charge in [-0.05, 0) is 37.0 Å². The predicted molar refractivity (Wildman–Crippen MR) is 116 cm³/mol. The molecule has 0 unspecified atom stereocenters. The van der Waals surface area contributed by atoms with Crippen molar-refractivity contribution in [1.82, 2.24) is 9.78 Å². The van der Waals surface area contributed by atoms with Gasteiger partial charge in [0.2, 0.25) is 0 Å². The molecular weight excluding hydrogens is 382 g/mol. The molecule has 30 heavy (non-hydrogen) atoms. The molecule has 1 N–H and O–H groups in total. The molecule has 7 heteroatoms. The zero-order chi connectivity index (χ0) is 21.8. The lowest BCUT2D eigenvalue weighted by Crippen LogP contribution is -2.31. The minimum atomic E-state index is -1.04.